The van der Waals surface area contributed by atoms with Crippen molar-refractivity contribution in [3.8, 4) is 0 Å². The third-order valence-electron chi connectivity index (χ3n) is 3.65. The van der Waals surface area contributed by atoms with Gasteiger partial charge in [-0.25, -0.2) is 0 Å². The lowest BCUT2D eigenvalue weighted by molar-refractivity contribution is 0.0948. The molecule has 6 heteroatoms. The Balaban J connectivity index is 1.91. The predicted molar refractivity (Wildman–Crippen MR) is 93.1 cm³/mol. The van der Waals surface area contributed by atoms with E-state index >= 15 is 0 Å². The highest BCUT2D eigenvalue weighted by atomic mass is 16.2. The molecule has 1 heterocycles. The van der Waals surface area contributed by atoms with E-state index in [1.165, 1.54) is 0 Å². The molecule has 0 fully saturated rings. The minimum atomic E-state index is -0.154. The maximum atomic E-state index is 12.2. The summed E-state index contributed by atoms with van der Waals surface area (Å²) in [6.45, 7) is 6.58. The number of carbonyl (C=O) groups excluding carboxylic acids is 2. The lowest BCUT2D eigenvalue weighted by Gasteiger charge is -2.18. The standard InChI is InChI=1S/C18H24N4O2/c1-18(2,3)22-12-15(11-21-22)17(24)20-9-8-13-6-5-7-14(10-13)16(23)19-4/h5-7,10-12H,8-9H2,1-4H3,(H,19,23)(H,20,24). The highest BCUT2D eigenvalue weighted by Gasteiger charge is 2.16. The molecule has 0 saturated heterocycles. The summed E-state index contributed by atoms with van der Waals surface area (Å²) in [5, 5.41) is 9.71. The monoisotopic (exact) mass is 328 g/mol. The van der Waals surface area contributed by atoms with E-state index in [1.807, 2.05) is 39.0 Å². The van der Waals surface area contributed by atoms with Gasteiger partial charge in [0.25, 0.3) is 11.8 Å². The predicted octanol–water partition coefficient (Wildman–Crippen LogP) is 1.97. The topological polar surface area (TPSA) is 76.0 Å². The van der Waals surface area contributed by atoms with E-state index in [1.54, 1.807) is 30.2 Å². The molecule has 2 rings (SSSR count). The molecule has 2 aromatic rings. The molecule has 0 unspecified atom stereocenters. The van der Waals surface area contributed by atoms with Crippen LogP contribution < -0.4 is 10.6 Å². The largest absolute Gasteiger partial charge is 0.355 e. The summed E-state index contributed by atoms with van der Waals surface area (Å²) in [5.74, 6) is -0.261. The van der Waals surface area contributed by atoms with Gasteiger partial charge in [-0.1, -0.05) is 12.1 Å². The fourth-order valence-corrected chi connectivity index (χ4v) is 2.24. The average molecular weight is 328 g/mol. The molecule has 0 spiro atoms. The molecule has 0 aliphatic carbocycles. The summed E-state index contributed by atoms with van der Waals surface area (Å²) >= 11 is 0. The molecule has 128 valence electrons. The molecule has 1 aromatic carbocycles. The van der Waals surface area contributed by atoms with Gasteiger partial charge in [-0.15, -0.1) is 0 Å². The molecule has 0 aliphatic rings. The van der Waals surface area contributed by atoms with Crippen LogP contribution in [0.3, 0.4) is 0 Å². The number of amides is 2. The van der Waals surface area contributed by atoms with E-state index in [2.05, 4.69) is 15.7 Å². The Bertz CT molecular complexity index is 729. The molecule has 0 radical (unpaired) electrons. The van der Waals surface area contributed by atoms with E-state index in [0.717, 1.165) is 5.56 Å². The van der Waals surface area contributed by atoms with Crippen molar-refractivity contribution in [2.24, 2.45) is 0 Å². The van der Waals surface area contributed by atoms with Gasteiger partial charge in [-0.3, -0.25) is 14.3 Å². The van der Waals surface area contributed by atoms with Gasteiger partial charge < -0.3 is 10.6 Å². The van der Waals surface area contributed by atoms with Crippen LogP contribution in [0.15, 0.2) is 36.7 Å². The van der Waals surface area contributed by atoms with Gasteiger partial charge in [-0.05, 0) is 44.9 Å². The van der Waals surface area contributed by atoms with E-state index in [4.69, 9.17) is 0 Å². The molecule has 0 atom stereocenters. The van der Waals surface area contributed by atoms with Crippen LogP contribution in [-0.4, -0.2) is 35.2 Å². The molecule has 24 heavy (non-hydrogen) atoms. The zero-order valence-electron chi connectivity index (χ0n) is 14.6. The quantitative estimate of drug-likeness (QED) is 0.881. The van der Waals surface area contributed by atoms with Crippen LogP contribution in [-0.2, 0) is 12.0 Å². The maximum absolute atomic E-state index is 12.2. The van der Waals surface area contributed by atoms with Crippen LogP contribution >= 0.6 is 0 Å². The van der Waals surface area contributed by atoms with Gasteiger partial charge in [0, 0.05) is 25.4 Å². The van der Waals surface area contributed by atoms with E-state index in [0.29, 0.717) is 24.1 Å². The fraction of sp³-hybridized carbons (Fsp3) is 0.389. The summed E-state index contributed by atoms with van der Waals surface area (Å²) in [4.78, 5) is 23.8. The first kappa shape index (κ1) is 17.7. The zero-order chi connectivity index (χ0) is 17.7. The second-order valence-corrected chi connectivity index (χ2v) is 6.63. The van der Waals surface area contributed by atoms with Gasteiger partial charge in [0.1, 0.15) is 0 Å². The number of rotatable bonds is 5. The second-order valence-electron chi connectivity index (χ2n) is 6.63. The minimum Gasteiger partial charge on any atom is -0.355 e. The van der Waals surface area contributed by atoms with Gasteiger partial charge in [0.2, 0.25) is 0 Å². The molecule has 6 nitrogen and oxygen atoms in total. The number of carbonyl (C=O) groups is 2. The molecular weight excluding hydrogens is 304 g/mol. The summed E-state index contributed by atoms with van der Waals surface area (Å²) < 4.78 is 1.77. The van der Waals surface area contributed by atoms with Crippen molar-refractivity contribution < 1.29 is 9.59 Å². The minimum absolute atomic E-state index is 0.115. The third kappa shape index (κ3) is 4.44. The Morgan fingerprint density at radius 3 is 2.54 bits per heavy atom. The summed E-state index contributed by atoms with van der Waals surface area (Å²) in [6, 6.07) is 7.38. The van der Waals surface area contributed by atoms with Crippen molar-refractivity contribution in [3.63, 3.8) is 0 Å². The smallest absolute Gasteiger partial charge is 0.254 e. The van der Waals surface area contributed by atoms with Crippen molar-refractivity contribution in [1.29, 1.82) is 0 Å². The van der Waals surface area contributed by atoms with Crippen molar-refractivity contribution in [3.05, 3.63) is 53.3 Å². The zero-order valence-corrected chi connectivity index (χ0v) is 14.6. The second kappa shape index (κ2) is 7.29. The SMILES string of the molecule is CNC(=O)c1cccc(CCNC(=O)c2cnn(C(C)(C)C)c2)c1. The van der Waals surface area contributed by atoms with Crippen LogP contribution in [0.2, 0.25) is 0 Å². The first-order chi connectivity index (χ1) is 11.3. The molecular formula is C18H24N4O2. The van der Waals surface area contributed by atoms with E-state index in [9.17, 15) is 9.59 Å². The summed E-state index contributed by atoms with van der Waals surface area (Å²) in [7, 11) is 1.60. The first-order valence-corrected chi connectivity index (χ1v) is 7.95. The van der Waals surface area contributed by atoms with Crippen LogP contribution in [0.1, 0.15) is 47.1 Å². The number of hydrogen-bond acceptors (Lipinski definition) is 3. The van der Waals surface area contributed by atoms with Gasteiger partial charge in [0.05, 0.1) is 17.3 Å². The average Bonchev–Trinajstić information content (AvgIpc) is 3.04. The van der Waals surface area contributed by atoms with Crippen molar-refractivity contribution in [2.75, 3.05) is 13.6 Å². The van der Waals surface area contributed by atoms with Crippen LogP contribution in [0.5, 0.6) is 0 Å². The van der Waals surface area contributed by atoms with Crippen molar-refractivity contribution >= 4 is 11.8 Å². The number of hydrogen-bond donors (Lipinski definition) is 2. The van der Waals surface area contributed by atoms with Crippen molar-refractivity contribution in [1.82, 2.24) is 20.4 Å². The Kier molecular flexibility index (Phi) is 5.39. The van der Waals surface area contributed by atoms with Crippen LogP contribution in [0.4, 0.5) is 0 Å². The molecule has 2 N–H and O–H groups in total. The number of benzene rings is 1. The lowest BCUT2D eigenvalue weighted by Crippen LogP contribution is -2.26. The number of nitrogens with one attached hydrogen (secondary N) is 2. The molecule has 0 saturated carbocycles. The maximum Gasteiger partial charge on any atom is 0.254 e. The summed E-state index contributed by atoms with van der Waals surface area (Å²) in [6.07, 6.45) is 3.98. The molecule has 1 aromatic heterocycles. The molecule has 0 aliphatic heterocycles. The lowest BCUT2D eigenvalue weighted by atomic mass is 10.1. The fourth-order valence-electron chi connectivity index (χ4n) is 2.24. The first-order valence-electron chi connectivity index (χ1n) is 7.95. The Morgan fingerprint density at radius 1 is 1.17 bits per heavy atom. The van der Waals surface area contributed by atoms with Crippen molar-refractivity contribution in [2.45, 2.75) is 32.7 Å². The Morgan fingerprint density at radius 2 is 1.92 bits per heavy atom. The van der Waals surface area contributed by atoms with Gasteiger partial charge in [0.15, 0.2) is 0 Å². The van der Waals surface area contributed by atoms with Crippen LogP contribution in [0.25, 0.3) is 0 Å². The highest BCUT2D eigenvalue weighted by molar-refractivity contribution is 5.94. The Labute approximate surface area is 142 Å². The molecule has 0 bridgehead atoms. The normalized spacial score (nSPS) is 11.2. The van der Waals surface area contributed by atoms with Gasteiger partial charge >= 0.3 is 0 Å². The molecule has 2 amide bonds. The highest BCUT2D eigenvalue weighted by Crippen LogP contribution is 2.13. The number of aromatic nitrogens is 2. The Hall–Kier alpha value is -2.63. The van der Waals surface area contributed by atoms with E-state index < -0.39 is 0 Å². The van der Waals surface area contributed by atoms with E-state index in [-0.39, 0.29) is 17.4 Å². The third-order valence-corrected chi connectivity index (χ3v) is 3.65. The number of nitrogens with zero attached hydrogens (tertiary/aromatic N) is 2. The van der Waals surface area contributed by atoms with Crippen LogP contribution in [0, 0.1) is 0 Å². The van der Waals surface area contributed by atoms with Gasteiger partial charge in [-0.2, -0.15) is 5.10 Å². The summed E-state index contributed by atoms with van der Waals surface area (Å²) in [5.41, 5.74) is 2.01.